The van der Waals surface area contributed by atoms with Gasteiger partial charge >= 0.3 is 0 Å². The minimum Gasteiger partial charge on any atom is -0.373 e. The predicted octanol–water partition coefficient (Wildman–Crippen LogP) is 2.29. The van der Waals surface area contributed by atoms with Crippen LogP contribution in [0.4, 0.5) is 0 Å². The summed E-state index contributed by atoms with van der Waals surface area (Å²) in [7, 11) is -3.64. The average molecular weight is 465 g/mol. The molecule has 2 heterocycles. The molecule has 1 fully saturated rings. The molecule has 1 aromatic rings. The zero-order valence-electron chi connectivity index (χ0n) is 19.7. The van der Waals surface area contributed by atoms with E-state index >= 15 is 0 Å². The van der Waals surface area contributed by atoms with E-state index in [1.54, 1.807) is 24.3 Å². The molecule has 0 aromatic heterocycles. The molecule has 0 spiro atoms. The van der Waals surface area contributed by atoms with E-state index in [0.29, 0.717) is 18.5 Å². The van der Waals surface area contributed by atoms with Gasteiger partial charge in [0.25, 0.3) is 10.0 Å². The molecule has 2 aliphatic heterocycles. The highest BCUT2D eigenvalue weighted by Gasteiger charge is 2.35. The van der Waals surface area contributed by atoms with Gasteiger partial charge in [0.1, 0.15) is 11.9 Å². The molecule has 0 radical (unpaired) electrons. The number of benzene rings is 1. The minimum absolute atomic E-state index is 0.146. The van der Waals surface area contributed by atoms with E-state index in [-0.39, 0.29) is 34.4 Å². The van der Waals surface area contributed by atoms with E-state index in [1.807, 2.05) is 0 Å². The molecule has 1 saturated heterocycles. The fraction of sp³-hybridized carbons (Fsp3) is 0.652. The Morgan fingerprint density at radius 3 is 2.59 bits per heavy atom. The Bertz CT molecular complexity index is 950. The molecule has 0 saturated carbocycles. The van der Waals surface area contributed by atoms with Crippen LogP contribution in [0.2, 0.25) is 0 Å². The first-order valence-corrected chi connectivity index (χ1v) is 12.9. The van der Waals surface area contributed by atoms with Gasteiger partial charge in [0.05, 0.1) is 17.1 Å². The first-order chi connectivity index (χ1) is 15.0. The zero-order chi connectivity index (χ0) is 23.5. The first-order valence-electron chi connectivity index (χ1n) is 11.4. The second-order valence-corrected chi connectivity index (χ2v) is 11.1. The maximum Gasteiger partial charge on any atom is 0.263 e. The molecule has 0 aliphatic carbocycles. The summed E-state index contributed by atoms with van der Waals surface area (Å²) in [5, 5.41) is 3.07. The highest BCUT2D eigenvalue weighted by atomic mass is 32.2. The number of hydrogen-bond donors (Lipinski definition) is 2. The quantitative estimate of drug-likeness (QED) is 0.615. The van der Waals surface area contributed by atoms with Gasteiger partial charge in [-0.05, 0) is 46.2 Å². The van der Waals surface area contributed by atoms with E-state index < -0.39 is 16.1 Å². The molecule has 9 heteroatoms. The van der Waals surface area contributed by atoms with Crippen LogP contribution in [0.25, 0.3) is 0 Å². The Kier molecular flexibility index (Phi) is 7.62. The summed E-state index contributed by atoms with van der Waals surface area (Å²) in [6, 6.07) is 6.05. The molecule has 8 nitrogen and oxygen atoms in total. The van der Waals surface area contributed by atoms with Gasteiger partial charge in [-0.2, -0.15) is 0 Å². The third-order valence-corrected chi connectivity index (χ3v) is 7.45. The molecule has 3 atom stereocenters. The molecular formula is C23H36N4O4S. The van der Waals surface area contributed by atoms with Crippen molar-refractivity contribution in [2.24, 2.45) is 4.99 Å². The number of rotatable bonds is 8. The van der Waals surface area contributed by atoms with E-state index in [0.717, 1.165) is 25.9 Å². The number of nitrogens with one attached hydrogen (secondary N) is 2. The summed E-state index contributed by atoms with van der Waals surface area (Å²) in [5.74, 6) is 0.0592. The van der Waals surface area contributed by atoms with Gasteiger partial charge < -0.3 is 10.1 Å². The Hall–Kier alpha value is -1.97. The molecule has 178 valence electrons. The maximum atomic E-state index is 13.1. The standard InChI is InChI=1S/C23H36N4O4S/c1-6-7-11-19(25-21-18-10-8-9-12-20(18)32(29,30)26-21)22(28)24-15-23(4,5)27-13-16(2)31-17(3)14-27/h8-10,12,16-17,19H,6-7,11,13-15H2,1-5H3,(H,24,28)(H,25,26). The molecule has 0 bridgehead atoms. The molecule has 1 aromatic carbocycles. The van der Waals surface area contributed by atoms with Crippen LogP contribution in [-0.2, 0) is 19.6 Å². The molecule has 2 aliphatic rings. The number of unbranched alkanes of at least 4 members (excludes halogenated alkanes) is 1. The monoisotopic (exact) mass is 464 g/mol. The predicted molar refractivity (Wildman–Crippen MR) is 125 cm³/mol. The molecule has 2 N–H and O–H groups in total. The SMILES string of the molecule is CCCCC(N=C1NS(=O)(=O)c2ccccc21)C(=O)NCC(C)(C)N1CC(C)OC(C)C1. The summed E-state index contributed by atoms with van der Waals surface area (Å²) in [6.45, 7) is 12.5. The zero-order valence-corrected chi connectivity index (χ0v) is 20.5. The fourth-order valence-corrected chi connectivity index (χ4v) is 5.48. The lowest BCUT2D eigenvalue weighted by Crippen LogP contribution is -2.59. The van der Waals surface area contributed by atoms with Crippen LogP contribution in [0, 0.1) is 0 Å². The second-order valence-electron chi connectivity index (χ2n) is 9.43. The van der Waals surface area contributed by atoms with Gasteiger partial charge in [0.2, 0.25) is 5.91 Å². The molecular weight excluding hydrogens is 428 g/mol. The fourth-order valence-electron chi connectivity index (χ4n) is 4.24. The van der Waals surface area contributed by atoms with Crippen LogP contribution in [0.15, 0.2) is 34.2 Å². The summed E-state index contributed by atoms with van der Waals surface area (Å²) in [5.41, 5.74) is 0.268. The molecule has 3 unspecified atom stereocenters. The number of amides is 1. The molecule has 1 amide bonds. The third-order valence-electron chi connectivity index (χ3n) is 6.05. The Morgan fingerprint density at radius 2 is 1.94 bits per heavy atom. The average Bonchev–Trinajstić information content (AvgIpc) is 2.99. The number of fused-ring (bicyclic) bond motifs is 1. The Labute approximate surface area is 191 Å². The van der Waals surface area contributed by atoms with Crippen LogP contribution in [0.3, 0.4) is 0 Å². The number of sulfonamides is 1. The second kappa shape index (κ2) is 9.89. The number of nitrogens with zero attached hydrogens (tertiary/aromatic N) is 2. The van der Waals surface area contributed by atoms with Crippen LogP contribution in [0.5, 0.6) is 0 Å². The lowest BCUT2D eigenvalue weighted by atomic mass is 9.99. The summed E-state index contributed by atoms with van der Waals surface area (Å²) in [4.78, 5) is 20.2. The van der Waals surface area contributed by atoms with Gasteiger partial charge in [-0.3, -0.25) is 19.4 Å². The van der Waals surface area contributed by atoms with Crippen molar-refractivity contribution in [2.45, 2.75) is 82.6 Å². The smallest absolute Gasteiger partial charge is 0.263 e. The lowest BCUT2D eigenvalue weighted by Gasteiger charge is -2.45. The summed E-state index contributed by atoms with van der Waals surface area (Å²) >= 11 is 0. The molecule has 32 heavy (non-hydrogen) atoms. The lowest BCUT2D eigenvalue weighted by molar-refractivity contribution is -0.124. The molecule has 3 rings (SSSR count). The van der Waals surface area contributed by atoms with Crippen molar-refractivity contribution in [1.29, 1.82) is 0 Å². The van der Waals surface area contributed by atoms with E-state index in [2.05, 4.69) is 54.5 Å². The van der Waals surface area contributed by atoms with Crippen molar-refractivity contribution in [3.63, 3.8) is 0 Å². The normalized spacial score (nSPS) is 25.2. The maximum absolute atomic E-state index is 13.1. The van der Waals surface area contributed by atoms with Crippen molar-refractivity contribution < 1.29 is 17.9 Å². The highest BCUT2D eigenvalue weighted by Crippen LogP contribution is 2.24. The number of hydrogen-bond acceptors (Lipinski definition) is 6. The van der Waals surface area contributed by atoms with Crippen LogP contribution in [-0.4, -0.2) is 68.5 Å². The van der Waals surface area contributed by atoms with E-state index in [4.69, 9.17) is 4.74 Å². The van der Waals surface area contributed by atoms with E-state index in [9.17, 15) is 13.2 Å². The summed E-state index contributed by atoms with van der Waals surface area (Å²) in [6.07, 6.45) is 2.60. The van der Waals surface area contributed by atoms with Crippen LogP contribution >= 0.6 is 0 Å². The van der Waals surface area contributed by atoms with Gasteiger partial charge in [-0.25, -0.2) is 8.42 Å². The summed E-state index contributed by atoms with van der Waals surface area (Å²) < 4.78 is 33.2. The highest BCUT2D eigenvalue weighted by molar-refractivity contribution is 7.90. The number of carbonyl (C=O) groups excluding carboxylic acids is 1. The first kappa shape index (κ1) is 24.7. The third kappa shape index (κ3) is 5.68. The number of amidine groups is 1. The largest absolute Gasteiger partial charge is 0.373 e. The van der Waals surface area contributed by atoms with Crippen LogP contribution < -0.4 is 10.0 Å². The van der Waals surface area contributed by atoms with Crippen molar-refractivity contribution in [3.05, 3.63) is 29.8 Å². The number of morpholine rings is 1. The Morgan fingerprint density at radius 1 is 1.28 bits per heavy atom. The number of aliphatic imine (C=N–C) groups is 1. The minimum atomic E-state index is -3.64. The van der Waals surface area contributed by atoms with Crippen molar-refractivity contribution in [1.82, 2.24) is 14.9 Å². The van der Waals surface area contributed by atoms with Crippen LogP contribution in [0.1, 0.15) is 59.4 Å². The van der Waals surface area contributed by atoms with Crippen molar-refractivity contribution in [2.75, 3.05) is 19.6 Å². The van der Waals surface area contributed by atoms with Crippen molar-refractivity contribution in [3.8, 4) is 0 Å². The van der Waals surface area contributed by atoms with Crippen molar-refractivity contribution >= 4 is 21.8 Å². The Balaban J connectivity index is 1.74. The van der Waals surface area contributed by atoms with Gasteiger partial charge in [-0.1, -0.05) is 31.9 Å². The topological polar surface area (TPSA) is 100 Å². The van der Waals surface area contributed by atoms with Gasteiger partial charge in [-0.15, -0.1) is 0 Å². The van der Waals surface area contributed by atoms with Gasteiger partial charge in [0.15, 0.2) is 0 Å². The van der Waals surface area contributed by atoms with Gasteiger partial charge in [0, 0.05) is 30.7 Å². The number of carbonyl (C=O) groups is 1. The number of ether oxygens (including phenoxy) is 1. The van der Waals surface area contributed by atoms with E-state index in [1.165, 1.54) is 0 Å².